The predicted molar refractivity (Wildman–Crippen MR) is 98.2 cm³/mol. The summed E-state index contributed by atoms with van der Waals surface area (Å²) in [5, 5.41) is 2.66. The summed E-state index contributed by atoms with van der Waals surface area (Å²) >= 11 is 5.84. The van der Waals surface area contributed by atoms with Gasteiger partial charge in [0.05, 0.1) is 12.8 Å². The summed E-state index contributed by atoms with van der Waals surface area (Å²) in [6, 6.07) is 10.6. The molecule has 1 aliphatic rings. The maximum Gasteiger partial charge on any atom is 0.335 e. The van der Waals surface area contributed by atoms with Crippen LogP contribution in [0, 0.1) is 6.92 Å². The molecule has 2 aromatic carbocycles. The van der Waals surface area contributed by atoms with Crippen LogP contribution in [0.5, 0.6) is 5.75 Å². The van der Waals surface area contributed by atoms with Crippen molar-refractivity contribution in [1.29, 1.82) is 0 Å². The average molecular weight is 371 g/mol. The molecule has 0 saturated carbocycles. The number of rotatable bonds is 3. The van der Waals surface area contributed by atoms with Crippen molar-refractivity contribution in [3.05, 3.63) is 64.2 Å². The Hall–Kier alpha value is -3.12. The lowest BCUT2D eigenvalue weighted by Gasteiger charge is -2.26. The second-order valence-electron chi connectivity index (χ2n) is 5.66. The number of carbonyl (C=O) groups excluding carboxylic acids is 3. The third-order valence-corrected chi connectivity index (χ3v) is 4.22. The van der Waals surface area contributed by atoms with E-state index in [4.69, 9.17) is 16.3 Å². The molecule has 0 aliphatic carbocycles. The standard InChI is InChI=1S/C19H15ClN2O4/c1-11-9-15(26-2)8-3-12(11)10-16-17(23)21-19(25)22(18(16)24)14-6-4-13(20)5-7-14/h3-10H,1-2H3,(H,21,23,25)/b16-10+. The molecular formula is C19H15ClN2O4. The SMILES string of the molecule is COc1ccc(/C=C2\C(=O)NC(=O)N(c3ccc(Cl)cc3)C2=O)c(C)c1. The van der Waals surface area contributed by atoms with Crippen LogP contribution in [0.1, 0.15) is 11.1 Å². The van der Waals surface area contributed by atoms with Crippen molar-refractivity contribution in [2.75, 3.05) is 12.0 Å². The number of barbiturate groups is 1. The van der Waals surface area contributed by atoms with Crippen LogP contribution in [0.15, 0.2) is 48.0 Å². The van der Waals surface area contributed by atoms with Crippen molar-refractivity contribution >= 4 is 41.2 Å². The molecule has 0 aromatic heterocycles. The number of hydrogen-bond acceptors (Lipinski definition) is 4. The molecule has 26 heavy (non-hydrogen) atoms. The molecule has 1 aliphatic heterocycles. The fourth-order valence-corrected chi connectivity index (χ4v) is 2.70. The average Bonchev–Trinajstić information content (AvgIpc) is 2.61. The molecule has 0 unspecified atom stereocenters. The van der Waals surface area contributed by atoms with Gasteiger partial charge in [0, 0.05) is 5.02 Å². The number of nitrogens with one attached hydrogen (secondary N) is 1. The van der Waals surface area contributed by atoms with Crippen LogP contribution in [0.4, 0.5) is 10.5 Å². The third-order valence-electron chi connectivity index (χ3n) is 3.96. The molecule has 132 valence electrons. The molecular weight excluding hydrogens is 356 g/mol. The van der Waals surface area contributed by atoms with E-state index in [1.54, 1.807) is 37.4 Å². The summed E-state index contributed by atoms with van der Waals surface area (Å²) < 4.78 is 5.15. The first-order chi connectivity index (χ1) is 12.4. The monoisotopic (exact) mass is 370 g/mol. The quantitative estimate of drug-likeness (QED) is 0.664. The summed E-state index contributed by atoms with van der Waals surface area (Å²) in [7, 11) is 1.56. The van der Waals surface area contributed by atoms with E-state index in [2.05, 4.69) is 5.32 Å². The molecule has 2 aromatic rings. The first-order valence-corrected chi connectivity index (χ1v) is 8.10. The van der Waals surface area contributed by atoms with Gasteiger partial charge in [0.1, 0.15) is 11.3 Å². The number of anilines is 1. The van der Waals surface area contributed by atoms with Gasteiger partial charge >= 0.3 is 6.03 Å². The molecule has 1 N–H and O–H groups in total. The molecule has 6 nitrogen and oxygen atoms in total. The minimum absolute atomic E-state index is 0.132. The smallest absolute Gasteiger partial charge is 0.335 e. The highest BCUT2D eigenvalue weighted by atomic mass is 35.5. The molecule has 0 bridgehead atoms. The Morgan fingerprint density at radius 2 is 1.77 bits per heavy atom. The number of urea groups is 1. The largest absolute Gasteiger partial charge is 0.497 e. The van der Waals surface area contributed by atoms with Crippen molar-refractivity contribution in [2.45, 2.75) is 6.92 Å². The number of amides is 4. The Kier molecular flexibility index (Phi) is 4.77. The highest BCUT2D eigenvalue weighted by Gasteiger charge is 2.36. The van der Waals surface area contributed by atoms with Crippen molar-refractivity contribution in [3.8, 4) is 5.75 Å². The van der Waals surface area contributed by atoms with E-state index in [-0.39, 0.29) is 5.57 Å². The van der Waals surface area contributed by atoms with Gasteiger partial charge in [-0.1, -0.05) is 17.7 Å². The van der Waals surface area contributed by atoms with E-state index in [0.29, 0.717) is 22.0 Å². The van der Waals surface area contributed by atoms with Gasteiger partial charge < -0.3 is 4.74 Å². The number of nitrogens with zero attached hydrogens (tertiary/aromatic N) is 1. The van der Waals surface area contributed by atoms with Crippen LogP contribution in [0.3, 0.4) is 0 Å². The molecule has 0 spiro atoms. The fraction of sp³-hybridized carbons (Fsp3) is 0.105. The van der Waals surface area contributed by atoms with Gasteiger partial charge in [-0.2, -0.15) is 0 Å². The number of aryl methyl sites for hydroxylation is 1. The maximum absolute atomic E-state index is 12.8. The van der Waals surface area contributed by atoms with Gasteiger partial charge in [-0.25, -0.2) is 9.69 Å². The van der Waals surface area contributed by atoms with Crippen LogP contribution in [0.2, 0.25) is 5.02 Å². The fourth-order valence-electron chi connectivity index (χ4n) is 2.57. The Bertz CT molecular complexity index is 935. The summed E-state index contributed by atoms with van der Waals surface area (Å²) in [5.41, 5.74) is 1.69. The van der Waals surface area contributed by atoms with Gasteiger partial charge in [0.15, 0.2) is 0 Å². The van der Waals surface area contributed by atoms with Gasteiger partial charge in [-0.05, 0) is 60.5 Å². The Labute approximate surface area is 155 Å². The summed E-state index contributed by atoms with van der Waals surface area (Å²) in [6.07, 6.45) is 1.46. The normalized spacial score (nSPS) is 16.0. The van der Waals surface area contributed by atoms with Crippen LogP contribution < -0.4 is 15.0 Å². The number of halogens is 1. The summed E-state index contributed by atoms with van der Waals surface area (Å²) in [4.78, 5) is 38.0. The van der Waals surface area contributed by atoms with E-state index < -0.39 is 17.8 Å². The lowest BCUT2D eigenvalue weighted by Crippen LogP contribution is -2.54. The molecule has 1 saturated heterocycles. The summed E-state index contributed by atoms with van der Waals surface area (Å²) in [5.74, 6) is -0.765. The third kappa shape index (κ3) is 3.32. The van der Waals surface area contributed by atoms with E-state index in [9.17, 15) is 14.4 Å². The Balaban J connectivity index is 2.01. The van der Waals surface area contributed by atoms with E-state index >= 15 is 0 Å². The lowest BCUT2D eigenvalue weighted by molar-refractivity contribution is -0.122. The zero-order chi connectivity index (χ0) is 18.8. The molecule has 0 radical (unpaired) electrons. The minimum atomic E-state index is -0.800. The Morgan fingerprint density at radius 1 is 1.08 bits per heavy atom. The van der Waals surface area contributed by atoms with E-state index in [0.717, 1.165) is 10.5 Å². The molecule has 7 heteroatoms. The van der Waals surface area contributed by atoms with E-state index in [1.807, 2.05) is 6.92 Å². The highest BCUT2D eigenvalue weighted by Crippen LogP contribution is 2.25. The Morgan fingerprint density at radius 3 is 2.38 bits per heavy atom. The van der Waals surface area contributed by atoms with Gasteiger partial charge in [-0.15, -0.1) is 0 Å². The number of ether oxygens (including phenoxy) is 1. The van der Waals surface area contributed by atoms with Crippen molar-refractivity contribution in [3.63, 3.8) is 0 Å². The van der Waals surface area contributed by atoms with Crippen molar-refractivity contribution in [2.24, 2.45) is 0 Å². The van der Waals surface area contributed by atoms with Crippen LogP contribution in [0.25, 0.3) is 6.08 Å². The number of methoxy groups -OCH3 is 1. The van der Waals surface area contributed by atoms with Crippen molar-refractivity contribution in [1.82, 2.24) is 5.32 Å². The molecule has 4 amide bonds. The van der Waals surface area contributed by atoms with Gasteiger partial charge in [-0.3, -0.25) is 14.9 Å². The lowest BCUT2D eigenvalue weighted by atomic mass is 10.0. The summed E-state index contributed by atoms with van der Waals surface area (Å²) in [6.45, 7) is 1.84. The number of imide groups is 2. The zero-order valence-electron chi connectivity index (χ0n) is 14.1. The second-order valence-corrected chi connectivity index (χ2v) is 6.09. The molecule has 1 fully saturated rings. The molecule has 3 rings (SSSR count). The minimum Gasteiger partial charge on any atom is -0.497 e. The second kappa shape index (κ2) is 7.01. The molecule has 1 heterocycles. The predicted octanol–water partition coefficient (Wildman–Crippen LogP) is 3.32. The maximum atomic E-state index is 12.8. The molecule has 0 atom stereocenters. The van der Waals surface area contributed by atoms with Crippen LogP contribution in [-0.2, 0) is 9.59 Å². The first kappa shape index (κ1) is 17.7. The number of benzene rings is 2. The zero-order valence-corrected chi connectivity index (χ0v) is 14.8. The van der Waals surface area contributed by atoms with Crippen LogP contribution >= 0.6 is 11.6 Å². The van der Waals surface area contributed by atoms with Crippen LogP contribution in [-0.4, -0.2) is 25.0 Å². The number of hydrogen-bond donors (Lipinski definition) is 1. The first-order valence-electron chi connectivity index (χ1n) is 7.72. The number of carbonyl (C=O) groups is 3. The van der Waals surface area contributed by atoms with Crippen molar-refractivity contribution < 1.29 is 19.1 Å². The van der Waals surface area contributed by atoms with Gasteiger partial charge in [0.25, 0.3) is 11.8 Å². The highest BCUT2D eigenvalue weighted by molar-refractivity contribution is 6.39. The topological polar surface area (TPSA) is 75.7 Å². The van der Waals surface area contributed by atoms with Gasteiger partial charge in [0.2, 0.25) is 0 Å². The van der Waals surface area contributed by atoms with E-state index in [1.165, 1.54) is 18.2 Å².